The van der Waals surface area contributed by atoms with Crippen molar-refractivity contribution < 1.29 is 18.0 Å². The van der Waals surface area contributed by atoms with Crippen molar-refractivity contribution in [3.8, 4) is 6.07 Å². The summed E-state index contributed by atoms with van der Waals surface area (Å²) in [6, 6.07) is 4.83. The molecule has 0 radical (unpaired) electrons. The summed E-state index contributed by atoms with van der Waals surface area (Å²) in [6.45, 7) is 3.29. The number of amides is 1. The Kier molecular flexibility index (Phi) is 4.81. The van der Waals surface area contributed by atoms with Gasteiger partial charge < -0.3 is 5.32 Å². The highest BCUT2D eigenvalue weighted by atomic mass is 79.9. The molecule has 1 N–H and O–H groups in total. The summed E-state index contributed by atoms with van der Waals surface area (Å²) in [7, 11) is 0. The topological polar surface area (TPSA) is 52.9 Å². The van der Waals surface area contributed by atoms with Gasteiger partial charge in [-0.2, -0.15) is 18.4 Å². The van der Waals surface area contributed by atoms with Crippen LogP contribution in [0.1, 0.15) is 29.8 Å². The van der Waals surface area contributed by atoms with E-state index in [2.05, 4.69) is 21.2 Å². The van der Waals surface area contributed by atoms with Gasteiger partial charge in [-0.3, -0.25) is 4.79 Å². The van der Waals surface area contributed by atoms with E-state index in [4.69, 9.17) is 5.26 Å². The van der Waals surface area contributed by atoms with Crippen LogP contribution in [0.3, 0.4) is 0 Å². The van der Waals surface area contributed by atoms with E-state index in [0.717, 1.165) is 12.1 Å². The molecule has 0 saturated heterocycles. The van der Waals surface area contributed by atoms with Crippen molar-refractivity contribution in [2.75, 3.05) is 6.54 Å². The smallest absolute Gasteiger partial charge is 0.350 e. The molecule has 1 rings (SSSR count). The number of benzene rings is 1. The Labute approximate surface area is 122 Å². The Hall–Kier alpha value is -1.55. The molecule has 0 bridgehead atoms. The van der Waals surface area contributed by atoms with E-state index < -0.39 is 23.1 Å². The number of rotatable bonds is 3. The summed E-state index contributed by atoms with van der Waals surface area (Å²) >= 11 is 3.04. The van der Waals surface area contributed by atoms with Crippen LogP contribution in [0.2, 0.25) is 0 Å². The zero-order chi connectivity index (χ0) is 15.6. The van der Waals surface area contributed by atoms with Gasteiger partial charge in [0.1, 0.15) is 0 Å². The summed E-state index contributed by atoms with van der Waals surface area (Å²) < 4.78 is 38.1. The Bertz CT molecular complexity index is 562. The standard InChI is InChI=1S/C13H12BrF3N2O/c1-12(2,6-18)7-19-11(20)9-5-8(13(15,16)17)3-4-10(9)14/h3-5H,7H2,1-2H3,(H,19,20). The molecule has 0 unspecified atom stereocenters. The van der Waals surface area contributed by atoms with Gasteiger partial charge in [0.05, 0.1) is 22.6 Å². The number of halogens is 4. The number of hydrogen-bond donors (Lipinski definition) is 1. The van der Waals surface area contributed by atoms with Crippen LogP contribution >= 0.6 is 15.9 Å². The van der Waals surface area contributed by atoms with Crippen LogP contribution in [-0.4, -0.2) is 12.5 Å². The average Bonchev–Trinajstić information content (AvgIpc) is 2.35. The Morgan fingerprint density at radius 3 is 2.50 bits per heavy atom. The third kappa shape index (κ3) is 4.23. The van der Waals surface area contributed by atoms with Gasteiger partial charge in [-0.1, -0.05) is 0 Å². The number of hydrogen-bond acceptors (Lipinski definition) is 2. The lowest BCUT2D eigenvalue weighted by atomic mass is 9.96. The minimum absolute atomic E-state index is 0.0466. The van der Waals surface area contributed by atoms with Crippen molar-refractivity contribution in [2.45, 2.75) is 20.0 Å². The Morgan fingerprint density at radius 1 is 1.40 bits per heavy atom. The molecule has 0 fully saturated rings. The van der Waals surface area contributed by atoms with Gasteiger partial charge in [0.15, 0.2) is 0 Å². The molecule has 1 aromatic carbocycles. The van der Waals surface area contributed by atoms with E-state index in [1.165, 1.54) is 6.07 Å². The van der Waals surface area contributed by atoms with Crippen molar-refractivity contribution in [1.82, 2.24) is 5.32 Å². The SMILES string of the molecule is CC(C)(C#N)CNC(=O)c1cc(C(F)(F)F)ccc1Br. The first-order valence-corrected chi connectivity index (χ1v) is 6.42. The number of nitriles is 1. The van der Waals surface area contributed by atoms with Gasteiger partial charge in [-0.25, -0.2) is 0 Å². The Morgan fingerprint density at radius 2 is 2.00 bits per heavy atom. The van der Waals surface area contributed by atoms with Gasteiger partial charge >= 0.3 is 6.18 Å². The molecule has 0 heterocycles. The molecule has 1 amide bonds. The second kappa shape index (κ2) is 5.83. The first-order chi connectivity index (χ1) is 9.07. The number of carbonyl (C=O) groups excluding carboxylic acids is 1. The number of alkyl halides is 3. The molecule has 20 heavy (non-hydrogen) atoms. The lowest BCUT2D eigenvalue weighted by Gasteiger charge is -2.16. The van der Waals surface area contributed by atoms with Crippen molar-refractivity contribution in [2.24, 2.45) is 5.41 Å². The van der Waals surface area contributed by atoms with Gasteiger partial charge in [-0.15, -0.1) is 0 Å². The highest BCUT2D eigenvalue weighted by Gasteiger charge is 2.31. The predicted molar refractivity (Wildman–Crippen MR) is 70.9 cm³/mol. The fourth-order valence-electron chi connectivity index (χ4n) is 1.31. The third-order valence-corrected chi connectivity index (χ3v) is 3.22. The van der Waals surface area contributed by atoms with Crippen LogP contribution < -0.4 is 5.32 Å². The predicted octanol–water partition coefficient (Wildman–Crippen LogP) is 3.75. The second-order valence-corrected chi connectivity index (χ2v) is 5.73. The van der Waals surface area contributed by atoms with Crippen molar-refractivity contribution in [1.29, 1.82) is 5.26 Å². The first kappa shape index (κ1) is 16.5. The largest absolute Gasteiger partial charge is 0.416 e. The molecule has 3 nitrogen and oxygen atoms in total. The molecular formula is C13H12BrF3N2O. The molecule has 0 aliphatic carbocycles. The monoisotopic (exact) mass is 348 g/mol. The summed E-state index contributed by atoms with van der Waals surface area (Å²) in [5.74, 6) is -0.661. The van der Waals surface area contributed by atoms with Crippen LogP contribution in [0.25, 0.3) is 0 Å². The van der Waals surface area contributed by atoms with Crippen molar-refractivity contribution in [3.05, 3.63) is 33.8 Å². The first-order valence-electron chi connectivity index (χ1n) is 5.63. The summed E-state index contributed by atoms with van der Waals surface area (Å²) in [6.07, 6.45) is -4.51. The summed E-state index contributed by atoms with van der Waals surface area (Å²) in [5.41, 5.74) is -1.80. The summed E-state index contributed by atoms with van der Waals surface area (Å²) in [4.78, 5) is 11.9. The second-order valence-electron chi connectivity index (χ2n) is 4.87. The third-order valence-electron chi connectivity index (χ3n) is 2.53. The zero-order valence-electron chi connectivity index (χ0n) is 10.8. The van der Waals surface area contributed by atoms with E-state index in [1.807, 2.05) is 6.07 Å². The van der Waals surface area contributed by atoms with E-state index in [-0.39, 0.29) is 16.6 Å². The number of nitrogens with one attached hydrogen (secondary N) is 1. The average molecular weight is 349 g/mol. The van der Waals surface area contributed by atoms with E-state index in [1.54, 1.807) is 13.8 Å². The van der Waals surface area contributed by atoms with Crippen LogP contribution in [0.15, 0.2) is 22.7 Å². The molecule has 1 aromatic rings. The molecule has 0 aromatic heterocycles. The number of nitrogens with zero attached hydrogens (tertiary/aromatic N) is 1. The minimum atomic E-state index is -4.51. The van der Waals surface area contributed by atoms with Gasteiger partial charge in [0, 0.05) is 11.0 Å². The van der Waals surface area contributed by atoms with Crippen LogP contribution in [0.5, 0.6) is 0 Å². The minimum Gasteiger partial charge on any atom is -0.350 e. The van der Waals surface area contributed by atoms with E-state index in [9.17, 15) is 18.0 Å². The molecule has 0 spiro atoms. The molecule has 0 aliphatic rings. The van der Waals surface area contributed by atoms with Crippen molar-refractivity contribution >= 4 is 21.8 Å². The van der Waals surface area contributed by atoms with E-state index in [0.29, 0.717) is 0 Å². The van der Waals surface area contributed by atoms with Crippen LogP contribution in [0.4, 0.5) is 13.2 Å². The van der Waals surface area contributed by atoms with Gasteiger partial charge in [0.2, 0.25) is 0 Å². The highest BCUT2D eigenvalue weighted by Crippen LogP contribution is 2.31. The van der Waals surface area contributed by atoms with Crippen LogP contribution in [-0.2, 0) is 6.18 Å². The molecule has 0 aliphatic heterocycles. The molecule has 7 heteroatoms. The maximum atomic E-state index is 12.6. The van der Waals surface area contributed by atoms with E-state index >= 15 is 0 Å². The fraction of sp³-hybridized carbons (Fsp3) is 0.385. The normalized spacial score (nSPS) is 11.8. The Balaban J connectivity index is 2.97. The lowest BCUT2D eigenvalue weighted by molar-refractivity contribution is -0.137. The lowest BCUT2D eigenvalue weighted by Crippen LogP contribution is -2.33. The maximum absolute atomic E-state index is 12.6. The quantitative estimate of drug-likeness (QED) is 0.904. The van der Waals surface area contributed by atoms with Crippen LogP contribution in [0, 0.1) is 16.7 Å². The van der Waals surface area contributed by atoms with Crippen molar-refractivity contribution in [3.63, 3.8) is 0 Å². The van der Waals surface area contributed by atoms with Gasteiger partial charge in [-0.05, 0) is 48.0 Å². The zero-order valence-corrected chi connectivity index (χ0v) is 12.4. The van der Waals surface area contributed by atoms with Gasteiger partial charge in [0.25, 0.3) is 5.91 Å². The molecule has 108 valence electrons. The number of carbonyl (C=O) groups is 1. The highest BCUT2D eigenvalue weighted by molar-refractivity contribution is 9.10. The maximum Gasteiger partial charge on any atom is 0.416 e. The molecule has 0 atom stereocenters. The molecule has 0 saturated carbocycles. The molecular weight excluding hydrogens is 337 g/mol. The summed E-state index contributed by atoms with van der Waals surface area (Å²) in [5, 5.41) is 11.3. The fourth-order valence-corrected chi connectivity index (χ4v) is 1.74.